The number of benzene rings is 1. The Bertz CT molecular complexity index is 839. The quantitative estimate of drug-likeness (QED) is 0.862. The van der Waals surface area contributed by atoms with Gasteiger partial charge in [-0.25, -0.2) is 4.68 Å². The fraction of sp³-hybridized carbons (Fsp3) is 0.474. The Hall–Kier alpha value is -1.83. The van der Waals surface area contributed by atoms with Gasteiger partial charge in [-0.1, -0.05) is 18.2 Å². The highest BCUT2D eigenvalue weighted by molar-refractivity contribution is 7.98. The van der Waals surface area contributed by atoms with Gasteiger partial charge in [-0.3, -0.25) is 4.79 Å². The van der Waals surface area contributed by atoms with E-state index in [1.165, 1.54) is 0 Å². The number of fused-ring (bicyclic) bond motifs is 1. The van der Waals surface area contributed by atoms with Crippen molar-refractivity contribution >= 4 is 11.8 Å². The minimum atomic E-state index is -0.0860. The predicted molar refractivity (Wildman–Crippen MR) is 102 cm³/mol. The van der Waals surface area contributed by atoms with E-state index in [1.807, 2.05) is 36.0 Å². The number of nitrogens with zero attached hydrogens (tertiary/aromatic N) is 2. The van der Waals surface area contributed by atoms with Gasteiger partial charge in [0, 0.05) is 30.3 Å². The highest BCUT2D eigenvalue weighted by Gasteiger charge is 2.32. The van der Waals surface area contributed by atoms with Crippen LogP contribution in [0.4, 0.5) is 0 Å². The molecule has 1 aromatic heterocycles. The average molecular weight is 373 g/mol. The second kappa shape index (κ2) is 7.82. The number of hydrogen-bond acceptors (Lipinski definition) is 6. The Kier molecular flexibility index (Phi) is 5.28. The summed E-state index contributed by atoms with van der Waals surface area (Å²) in [6.07, 6.45) is 0.924. The third-order valence-electron chi connectivity index (χ3n) is 4.98. The normalized spacial score (nSPS) is 22.2. The molecule has 2 aliphatic rings. The minimum Gasteiger partial charge on any atom is -0.496 e. The van der Waals surface area contributed by atoms with Gasteiger partial charge in [0.25, 0.3) is 5.56 Å². The van der Waals surface area contributed by atoms with E-state index in [0.717, 1.165) is 40.5 Å². The highest BCUT2D eigenvalue weighted by atomic mass is 32.2. The zero-order chi connectivity index (χ0) is 17.9. The van der Waals surface area contributed by atoms with Crippen LogP contribution in [0.5, 0.6) is 5.75 Å². The average Bonchev–Trinajstić information content (AvgIpc) is 3.14. The number of aryl methyl sites for hydroxylation is 1. The minimum absolute atomic E-state index is 0.0363. The van der Waals surface area contributed by atoms with E-state index in [9.17, 15) is 4.79 Å². The van der Waals surface area contributed by atoms with Crippen LogP contribution in [-0.2, 0) is 23.5 Å². The zero-order valence-electron chi connectivity index (χ0n) is 14.8. The fourth-order valence-corrected chi connectivity index (χ4v) is 4.49. The standard InChI is InChI=1S/C19H23N3O3S/c1-24-18-5-3-2-4-13(18)9-20-16-10-25-11-17(16)22-19(23)8-14-12-26-7-6-15(14)21-22/h2-5,8,16-17,20H,6-7,9-12H2,1H3. The molecular formula is C19H23N3O3S. The van der Waals surface area contributed by atoms with Gasteiger partial charge in [-0.05, 0) is 17.4 Å². The Morgan fingerprint density at radius 2 is 2.27 bits per heavy atom. The molecule has 0 radical (unpaired) electrons. The summed E-state index contributed by atoms with van der Waals surface area (Å²) >= 11 is 1.86. The first kappa shape index (κ1) is 17.6. The van der Waals surface area contributed by atoms with E-state index < -0.39 is 0 Å². The van der Waals surface area contributed by atoms with Crippen LogP contribution in [0.3, 0.4) is 0 Å². The Morgan fingerprint density at radius 3 is 3.15 bits per heavy atom. The van der Waals surface area contributed by atoms with Gasteiger partial charge in [0.05, 0.1) is 38.1 Å². The maximum atomic E-state index is 12.6. The maximum Gasteiger partial charge on any atom is 0.267 e. The molecule has 0 amide bonds. The first-order valence-electron chi connectivity index (χ1n) is 8.88. The maximum absolute atomic E-state index is 12.6. The van der Waals surface area contributed by atoms with E-state index >= 15 is 0 Å². The number of thioether (sulfide) groups is 1. The van der Waals surface area contributed by atoms with Crippen LogP contribution in [0.2, 0.25) is 0 Å². The van der Waals surface area contributed by atoms with Crippen molar-refractivity contribution in [2.24, 2.45) is 0 Å². The van der Waals surface area contributed by atoms with Gasteiger partial charge in [0.15, 0.2) is 0 Å². The van der Waals surface area contributed by atoms with Gasteiger partial charge in [0.1, 0.15) is 5.75 Å². The number of hydrogen-bond donors (Lipinski definition) is 1. The Labute approximate surface area is 156 Å². The molecule has 0 spiro atoms. The van der Waals surface area contributed by atoms with Crippen LogP contribution in [0.15, 0.2) is 35.1 Å². The number of nitrogens with one attached hydrogen (secondary N) is 1. The predicted octanol–water partition coefficient (Wildman–Crippen LogP) is 1.77. The Morgan fingerprint density at radius 1 is 1.38 bits per heavy atom. The summed E-state index contributed by atoms with van der Waals surface area (Å²) in [5.74, 6) is 2.81. The lowest BCUT2D eigenvalue weighted by atomic mass is 10.1. The summed E-state index contributed by atoms with van der Waals surface area (Å²) in [7, 11) is 1.68. The van der Waals surface area contributed by atoms with Gasteiger partial charge < -0.3 is 14.8 Å². The molecule has 2 aromatic rings. The summed E-state index contributed by atoms with van der Waals surface area (Å²) < 4.78 is 12.7. The van der Waals surface area contributed by atoms with E-state index in [2.05, 4.69) is 10.4 Å². The molecule has 2 atom stereocenters. The summed E-state index contributed by atoms with van der Waals surface area (Å²) in [5.41, 5.74) is 3.19. The first-order chi connectivity index (χ1) is 12.8. The molecule has 3 heterocycles. The van der Waals surface area contributed by atoms with E-state index in [-0.39, 0.29) is 17.6 Å². The summed E-state index contributed by atoms with van der Waals surface area (Å²) in [6.45, 7) is 1.73. The molecule has 2 aliphatic heterocycles. The van der Waals surface area contributed by atoms with Crippen molar-refractivity contribution in [2.75, 3.05) is 26.1 Å². The molecule has 4 rings (SSSR count). The Balaban J connectivity index is 1.53. The van der Waals surface area contributed by atoms with Crippen LogP contribution in [-0.4, -0.2) is 41.9 Å². The van der Waals surface area contributed by atoms with E-state index in [1.54, 1.807) is 17.9 Å². The van der Waals surface area contributed by atoms with Crippen LogP contribution in [0.25, 0.3) is 0 Å². The molecule has 1 saturated heterocycles. The zero-order valence-corrected chi connectivity index (χ0v) is 15.6. The topological polar surface area (TPSA) is 65.4 Å². The SMILES string of the molecule is COc1ccccc1CNC1COCC1n1nc2c(cc1=O)CSCC2. The summed E-state index contributed by atoms with van der Waals surface area (Å²) in [6, 6.07) is 9.65. The van der Waals surface area contributed by atoms with Crippen molar-refractivity contribution in [1.29, 1.82) is 0 Å². The number of rotatable bonds is 5. The van der Waals surface area contributed by atoms with Gasteiger partial charge >= 0.3 is 0 Å². The largest absolute Gasteiger partial charge is 0.496 e. The molecule has 1 N–H and O–H groups in total. The number of aromatic nitrogens is 2. The van der Waals surface area contributed by atoms with Crippen LogP contribution in [0.1, 0.15) is 22.9 Å². The molecule has 26 heavy (non-hydrogen) atoms. The van der Waals surface area contributed by atoms with Crippen LogP contribution in [0, 0.1) is 0 Å². The van der Waals surface area contributed by atoms with E-state index in [0.29, 0.717) is 19.8 Å². The molecule has 6 nitrogen and oxygen atoms in total. The van der Waals surface area contributed by atoms with Crippen molar-refractivity contribution < 1.29 is 9.47 Å². The number of para-hydroxylation sites is 1. The van der Waals surface area contributed by atoms with Gasteiger partial charge in [-0.2, -0.15) is 16.9 Å². The molecule has 7 heteroatoms. The first-order valence-corrected chi connectivity index (χ1v) is 10.0. The summed E-state index contributed by atoms with van der Waals surface area (Å²) in [5, 5.41) is 8.20. The third-order valence-corrected chi connectivity index (χ3v) is 5.98. The van der Waals surface area contributed by atoms with Crippen molar-refractivity contribution in [3.63, 3.8) is 0 Å². The van der Waals surface area contributed by atoms with Gasteiger partial charge in [-0.15, -0.1) is 0 Å². The second-order valence-corrected chi connectivity index (χ2v) is 7.71. The second-order valence-electron chi connectivity index (χ2n) is 6.61. The molecule has 1 fully saturated rings. The lowest BCUT2D eigenvalue weighted by Gasteiger charge is -2.23. The lowest BCUT2D eigenvalue weighted by molar-refractivity contribution is 0.180. The molecule has 1 aromatic carbocycles. The van der Waals surface area contributed by atoms with Crippen LogP contribution >= 0.6 is 11.8 Å². The summed E-state index contributed by atoms with van der Waals surface area (Å²) in [4.78, 5) is 12.6. The molecular weight excluding hydrogens is 350 g/mol. The van der Waals surface area contributed by atoms with Crippen LogP contribution < -0.4 is 15.6 Å². The molecule has 0 aliphatic carbocycles. The van der Waals surface area contributed by atoms with Crippen molar-refractivity contribution in [1.82, 2.24) is 15.1 Å². The van der Waals surface area contributed by atoms with E-state index in [4.69, 9.17) is 9.47 Å². The molecule has 0 saturated carbocycles. The number of ether oxygens (including phenoxy) is 2. The van der Waals surface area contributed by atoms with Crippen molar-refractivity contribution in [3.8, 4) is 5.75 Å². The van der Waals surface area contributed by atoms with Gasteiger partial charge in [0.2, 0.25) is 0 Å². The molecule has 0 bridgehead atoms. The monoisotopic (exact) mass is 373 g/mol. The van der Waals surface area contributed by atoms with Crippen molar-refractivity contribution in [2.45, 2.75) is 30.8 Å². The number of methoxy groups -OCH3 is 1. The highest BCUT2D eigenvalue weighted by Crippen LogP contribution is 2.24. The molecule has 138 valence electrons. The molecule has 2 unspecified atom stereocenters. The smallest absolute Gasteiger partial charge is 0.267 e. The third kappa shape index (κ3) is 3.51. The fourth-order valence-electron chi connectivity index (χ4n) is 3.54. The lowest BCUT2D eigenvalue weighted by Crippen LogP contribution is -2.41. The van der Waals surface area contributed by atoms with Crippen molar-refractivity contribution in [3.05, 3.63) is 57.5 Å².